The lowest BCUT2D eigenvalue weighted by atomic mass is 9.94. The maximum atomic E-state index is 14.9. The third-order valence-corrected chi connectivity index (χ3v) is 6.67. The van der Waals surface area contributed by atoms with E-state index >= 15 is 0 Å². The fourth-order valence-corrected chi connectivity index (χ4v) is 4.72. The highest BCUT2D eigenvalue weighted by atomic mass is 19.1. The molecule has 2 aliphatic rings. The van der Waals surface area contributed by atoms with Gasteiger partial charge in [0.25, 0.3) is 5.91 Å². The van der Waals surface area contributed by atoms with Crippen LogP contribution in [-0.4, -0.2) is 65.2 Å². The van der Waals surface area contributed by atoms with Crippen molar-refractivity contribution in [1.82, 2.24) is 20.2 Å². The van der Waals surface area contributed by atoms with Crippen molar-refractivity contribution in [2.24, 2.45) is 0 Å². The molecule has 1 saturated heterocycles. The monoisotopic (exact) mass is 518 g/mol. The lowest BCUT2D eigenvalue weighted by Crippen LogP contribution is -2.50. The highest BCUT2D eigenvalue weighted by molar-refractivity contribution is 5.97. The Labute approximate surface area is 220 Å². The zero-order valence-electron chi connectivity index (χ0n) is 21.8. The quantitative estimate of drug-likeness (QED) is 0.506. The highest BCUT2D eigenvalue weighted by Crippen LogP contribution is 2.33. The second-order valence-electron chi connectivity index (χ2n) is 10.5. The number of piperazine rings is 1. The van der Waals surface area contributed by atoms with Gasteiger partial charge in [-0.05, 0) is 62.6 Å². The number of carbonyl (C=O) groups is 2. The fourth-order valence-electron chi connectivity index (χ4n) is 4.72. The molecule has 2 aliphatic heterocycles. The van der Waals surface area contributed by atoms with Gasteiger partial charge in [-0.2, -0.15) is 4.39 Å². The minimum absolute atomic E-state index is 0.0749. The van der Waals surface area contributed by atoms with Crippen LogP contribution in [0.15, 0.2) is 42.6 Å². The van der Waals surface area contributed by atoms with Crippen LogP contribution < -0.4 is 16.0 Å². The predicted octanol–water partition coefficient (Wildman–Crippen LogP) is 3.87. The van der Waals surface area contributed by atoms with Crippen LogP contribution >= 0.6 is 0 Å². The first kappa shape index (κ1) is 25.4. The molecule has 10 heteroatoms. The number of amides is 2. The van der Waals surface area contributed by atoms with E-state index in [0.717, 1.165) is 16.8 Å². The first-order chi connectivity index (χ1) is 18.1. The van der Waals surface area contributed by atoms with E-state index in [9.17, 15) is 14.0 Å². The van der Waals surface area contributed by atoms with Crippen molar-refractivity contribution in [2.75, 3.05) is 43.4 Å². The van der Waals surface area contributed by atoms with Crippen LogP contribution in [0.5, 0.6) is 0 Å². The lowest BCUT2D eigenvalue weighted by molar-refractivity contribution is 0.0240. The Morgan fingerprint density at radius 2 is 1.82 bits per heavy atom. The smallest absolute Gasteiger partial charge is 0.410 e. The zero-order valence-corrected chi connectivity index (χ0v) is 21.8. The number of pyridine rings is 2. The SMILES string of the molecule is CC(C)(C)OC(=O)N1CCN(c2ccc(-c3cc(-c4ccc5c(c4)CCNC5=O)c(N)nc3F)nc2)CC1. The molecule has 4 heterocycles. The fraction of sp³-hybridized carbons (Fsp3) is 0.357. The highest BCUT2D eigenvalue weighted by Gasteiger charge is 2.26. The predicted molar refractivity (Wildman–Crippen MR) is 143 cm³/mol. The van der Waals surface area contributed by atoms with Gasteiger partial charge in [0.1, 0.15) is 11.4 Å². The molecule has 1 fully saturated rings. The van der Waals surface area contributed by atoms with Gasteiger partial charge in [-0.1, -0.05) is 12.1 Å². The normalized spacial score (nSPS) is 15.6. The molecule has 0 radical (unpaired) electrons. The summed E-state index contributed by atoms with van der Waals surface area (Å²) in [6, 6.07) is 10.8. The number of benzene rings is 1. The van der Waals surface area contributed by atoms with Crippen LogP contribution in [0.2, 0.25) is 0 Å². The molecule has 0 spiro atoms. The van der Waals surface area contributed by atoms with Crippen LogP contribution in [0.3, 0.4) is 0 Å². The van der Waals surface area contributed by atoms with E-state index in [0.29, 0.717) is 56.0 Å². The molecule has 0 bridgehead atoms. The van der Waals surface area contributed by atoms with Crippen LogP contribution in [0.1, 0.15) is 36.7 Å². The van der Waals surface area contributed by atoms with Crippen LogP contribution in [0.25, 0.3) is 22.4 Å². The summed E-state index contributed by atoms with van der Waals surface area (Å²) in [6.45, 7) is 8.48. The van der Waals surface area contributed by atoms with Gasteiger partial charge in [0, 0.05) is 43.9 Å². The average molecular weight is 519 g/mol. The molecule has 5 rings (SSSR count). The van der Waals surface area contributed by atoms with Gasteiger partial charge in [-0.15, -0.1) is 0 Å². The minimum atomic E-state index is -0.699. The molecule has 0 aliphatic carbocycles. The summed E-state index contributed by atoms with van der Waals surface area (Å²) in [5.41, 5.74) is 10.0. The Kier molecular flexibility index (Phi) is 6.64. The number of nitrogen functional groups attached to an aromatic ring is 1. The summed E-state index contributed by atoms with van der Waals surface area (Å²) in [7, 11) is 0. The van der Waals surface area contributed by atoms with Gasteiger partial charge in [-0.3, -0.25) is 9.78 Å². The molecule has 3 N–H and O–H groups in total. The second-order valence-corrected chi connectivity index (χ2v) is 10.5. The molecule has 0 atom stereocenters. The van der Waals surface area contributed by atoms with E-state index in [2.05, 4.69) is 20.2 Å². The molecule has 0 saturated carbocycles. The van der Waals surface area contributed by atoms with Crippen molar-refractivity contribution in [2.45, 2.75) is 32.8 Å². The third kappa shape index (κ3) is 5.25. The summed E-state index contributed by atoms with van der Waals surface area (Å²) in [4.78, 5) is 36.7. The molecule has 198 valence electrons. The van der Waals surface area contributed by atoms with E-state index in [-0.39, 0.29) is 23.4 Å². The number of hydrogen-bond donors (Lipinski definition) is 2. The molecule has 1 aromatic carbocycles. The van der Waals surface area contributed by atoms with Crippen molar-refractivity contribution in [3.8, 4) is 22.4 Å². The van der Waals surface area contributed by atoms with E-state index in [1.54, 1.807) is 35.4 Å². The number of aromatic nitrogens is 2. The first-order valence-corrected chi connectivity index (χ1v) is 12.7. The van der Waals surface area contributed by atoms with E-state index in [1.807, 2.05) is 32.9 Å². The molecular weight excluding hydrogens is 487 g/mol. The molecule has 9 nitrogen and oxygen atoms in total. The second kappa shape index (κ2) is 9.92. The van der Waals surface area contributed by atoms with Crippen molar-refractivity contribution in [1.29, 1.82) is 0 Å². The third-order valence-electron chi connectivity index (χ3n) is 6.67. The summed E-state index contributed by atoms with van der Waals surface area (Å²) < 4.78 is 20.4. The lowest BCUT2D eigenvalue weighted by Gasteiger charge is -2.36. The number of hydrogen-bond acceptors (Lipinski definition) is 7. The van der Waals surface area contributed by atoms with Crippen molar-refractivity contribution in [3.63, 3.8) is 0 Å². The molecular formula is C28H31FN6O3. The molecule has 2 amide bonds. The Balaban J connectivity index is 1.33. The molecule has 3 aromatic rings. The Hall–Kier alpha value is -4.21. The molecule has 2 aromatic heterocycles. The van der Waals surface area contributed by atoms with Gasteiger partial charge in [-0.25, -0.2) is 9.78 Å². The Morgan fingerprint density at radius 1 is 1.05 bits per heavy atom. The van der Waals surface area contributed by atoms with Crippen LogP contribution in [0, 0.1) is 5.95 Å². The van der Waals surface area contributed by atoms with E-state index in [4.69, 9.17) is 10.5 Å². The van der Waals surface area contributed by atoms with Crippen molar-refractivity contribution in [3.05, 3.63) is 59.7 Å². The molecule has 0 unspecified atom stereocenters. The van der Waals surface area contributed by atoms with Gasteiger partial charge in [0.05, 0.1) is 23.1 Å². The number of rotatable bonds is 3. The zero-order chi connectivity index (χ0) is 27.0. The standard InChI is InChI=1S/C28H31FN6O3/c1-28(2,3)38-27(37)35-12-10-34(11-13-35)19-5-7-23(32-16-19)22-15-21(25(30)33-24(22)29)17-4-6-20-18(14-17)8-9-31-26(20)36/h4-7,14-16H,8-13H2,1-3H3,(H2,30,33)(H,31,36). The number of nitrogens with zero attached hydrogens (tertiary/aromatic N) is 4. The number of nitrogens with two attached hydrogens (primary N) is 1. The van der Waals surface area contributed by atoms with Crippen molar-refractivity contribution < 1.29 is 18.7 Å². The van der Waals surface area contributed by atoms with Crippen LogP contribution in [0.4, 0.5) is 20.7 Å². The number of halogens is 1. The number of fused-ring (bicyclic) bond motifs is 1. The summed E-state index contributed by atoms with van der Waals surface area (Å²) in [6.07, 6.45) is 2.10. The van der Waals surface area contributed by atoms with E-state index < -0.39 is 11.5 Å². The van der Waals surface area contributed by atoms with Crippen LogP contribution in [-0.2, 0) is 11.2 Å². The van der Waals surface area contributed by atoms with Gasteiger partial charge in [0.15, 0.2) is 0 Å². The number of ether oxygens (including phenoxy) is 1. The maximum Gasteiger partial charge on any atom is 0.410 e. The summed E-state index contributed by atoms with van der Waals surface area (Å²) in [5.74, 6) is -0.722. The Morgan fingerprint density at radius 3 is 2.50 bits per heavy atom. The number of carbonyl (C=O) groups excluding carboxylic acids is 2. The van der Waals surface area contributed by atoms with Gasteiger partial charge < -0.3 is 25.6 Å². The Bertz CT molecular complexity index is 1380. The topological polar surface area (TPSA) is 114 Å². The summed E-state index contributed by atoms with van der Waals surface area (Å²) >= 11 is 0. The van der Waals surface area contributed by atoms with E-state index in [1.165, 1.54) is 0 Å². The van der Waals surface area contributed by atoms with Crippen molar-refractivity contribution >= 4 is 23.5 Å². The largest absolute Gasteiger partial charge is 0.444 e. The maximum absolute atomic E-state index is 14.9. The van der Waals surface area contributed by atoms with Gasteiger partial charge >= 0.3 is 6.09 Å². The number of nitrogens with one attached hydrogen (secondary N) is 1. The first-order valence-electron chi connectivity index (χ1n) is 12.7. The minimum Gasteiger partial charge on any atom is -0.444 e. The average Bonchev–Trinajstić information content (AvgIpc) is 2.88. The number of anilines is 2. The summed E-state index contributed by atoms with van der Waals surface area (Å²) in [5, 5.41) is 2.83. The van der Waals surface area contributed by atoms with Gasteiger partial charge in [0.2, 0.25) is 5.95 Å². The molecule has 38 heavy (non-hydrogen) atoms.